The Morgan fingerprint density at radius 2 is 2.25 bits per heavy atom. The molecule has 1 aromatic heterocycles. The predicted molar refractivity (Wildman–Crippen MR) is 59.3 cm³/mol. The van der Waals surface area contributed by atoms with Gasteiger partial charge in [-0.25, -0.2) is 4.39 Å². The summed E-state index contributed by atoms with van der Waals surface area (Å²) in [5.74, 6) is -0.386. The standard InChI is InChI=1S/C11H16FN3O/c1-8(13-5-6-14-9(2)16)11-4-3-10(12)7-15-11/h3-4,7-8,13H,5-6H2,1-2H3,(H,14,16). The van der Waals surface area contributed by atoms with Crippen molar-refractivity contribution in [1.82, 2.24) is 15.6 Å². The zero-order chi connectivity index (χ0) is 12.0. The molecule has 1 amide bonds. The number of amides is 1. The monoisotopic (exact) mass is 225 g/mol. The fourth-order valence-corrected chi connectivity index (χ4v) is 1.28. The second kappa shape index (κ2) is 6.17. The third kappa shape index (κ3) is 4.35. The minimum atomic E-state index is -0.339. The average molecular weight is 225 g/mol. The second-order valence-corrected chi connectivity index (χ2v) is 3.56. The van der Waals surface area contributed by atoms with Crippen molar-refractivity contribution < 1.29 is 9.18 Å². The van der Waals surface area contributed by atoms with Gasteiger partial charge in [0.1, 0.15) is 5.82 Å². The Morgan fingerprint density at radius 1 is 1.50 bits per heavy atom. The maximum absolute atomic E-state index is 12.6. The van der Waals surface area contributed by atoms with Crippen LogP contribution in [-0.4, -0.2) is 24.0 Å². The number of pyridine rings is 1. The Kier molecular flexibility index (Phi) is 4.85. The van der Waals surface area contributed by atoms with E-state index in [0.717, 1.165) is 5.69 Å². The average Bonchev–Trinajstić information content (AvgIpc) is 2.25. The molecule has 0 spiro atoms. The number of carbonyl (C=O) groups excluding carboxylic acids is 1. The van der Waals surface area contributed by atoms with Crippen LogP contribution in [0, 0.1) is 5.82 Å². The van der Waals surface area contributed by atoms with E-state index in [4.69, 9.17) is 0 Å². The molecule has 0 fully saturated rings. The van der Waals surface area contributed by atoms with E-state index in [0.29, 0.717) is 13.1 Å². The van der Waals surface area contributed by atoms with E-state index in [1.165, 1.54) is 19.2 Å². The molecule has 0 aliphatic carbocycles. The lowest BCUT2D eigenvalue weighted by molar-refractivity contribution is -0.118. The van der Waals surface area contributed by atoms with Crippen LogP contribution in [0.25, 0.3) is 0 Å². The SMILES string of the molecule is CC(=O)NCCNC(C)c1ccc(F)cn1. The molecule has 1 rings (SSSR count). The highest BCUT2D eigenvalue weighted by Crippen LogP contribution is 2.08. The lowest BCUT2D eigenvalue weighted by atomic mass is 10.2. The van der Waals surface area contributed by atoms with E-state index >= 15 is 0 Å². The maximum atomic E-state index is 12.6. The van der Waals surface area contributed by atoms with E-state index in [-0.39, 0.29) is 17.8 Å². The molecule has 4 nitrogen and oxygen atoms in total. The number of nitrogens with zero attached hydrogens (tertiary/aromatic N) is 1. The quantitative estimate of drug-likeness (QED) is 0.735. The molecular weight excluding hydrogens is 209 g/mol. The summed E-state index contributed by atoms with van der Waals surface area (Å²) in [6, 6.07) is 3.06. The van der Waals surface area contributed by atoms with Crippen molar-refractivity contribution in [3.63, 3.8) is 0 Å². The fourth-order valence-electron chi connectivity index (χ4n) is 1.28. The van der Waals surface area contributed by atoms with Gasteiger partial charge in [-0.3, -0.25) is 9.78 Å². The summed E-state index contributed by atoms with van der Waals surface area (Å²) in [6.45, 7) is 4.64. The molecule has 0 saturated carbocycles. The van der Waals surface area contributed by atoms with E-state index in [1.54, 1.807) is 6.07 Å². The molecule has 1 aromatic rings. The van der Waals surface area contributed by atoms with Crippen molar-refractivity contribution in [3.05, 3.63) is 29.8 Å². The number of carbonyl (C=O) groups is 1. The highest BCUT2D eigenvalue weighted by molar-refractivity contribution is 5.72. The number of rotatable bonds is 5. The molecule has 0 saturated heterocycles. The van der Waals surface area contributed by atoms with Crippen LogP contribution in [0.15, 0.2) is 18.3 Å². The highest BCUT2D eigenvalue weighted by Gasteiger charge is 2.05. The van der Waals surface area contributed by atoms with Crippen molar-refractivity contribution >= 4 is 5.91 Å². The van der Waals surface area contributed by atoms with Gasteiger partial charge in [0.25, 0.3) is 0 Å². The second-order valence-electron chi connectivity index (χ2n) is 3.56. The normalized spacial score (nSPS) is 12.2. The third-order valence-electron chi connectivity index (χ3n) is 2.14. The summed E-state index contributed by atoms with van der Waals surface area (Å²) >= 11 is 0. The van der Waals surface area contributed by atoms with Crippen LogP contribution in [0.2, 0.25) is 0 Å². The van der Waals surface area contributed by atoms with Gasteiger partial charge in [0.15, 0.2) is 0 Å². The van der Waals surface area contributed by atoms with Crippen LogP contribution in [-0.2, 0) is 4.79 Å². The summed E-state index contributed by atoms with van der Waals surface area (Å²) in [4.78, 5) is 14.6. The van der Waals surface area contributed by atoms with Crippen LogP contribution >= 0.6 is 0 Å². The summed E-state index contributed by atoms with van der Waals surface area (Å²) in [5, 5.41) is 5.85. The van der Waals surface area contributed by atoms with Crippen molar-refractivity contribution in [2.45, 2.75) is 19.9 Å². The topological polar surface area (TPSA) is 54.0 Å². The van der Waals surface area contributed by atoms with E-state index < -0.39 is 0 Å². The largest absolute Gasteiger partial charge is 0.355 e. The Balaban J connectivity index is 2.32. The molecule has 5 heteroatoms. The predicted octanol–water partition coefficient (Wildman–Crippen LogP) is 1.01. The van der Waals surface area contributed by atoms with Gasteiger partial charge in [-0.15, -0.1) is 0 Å². The van der Waals surface area contributed by atoms with Crippen LogP contribution in [0.1, 0.15) is 25.6 Å². The molecule has 0 radical (unpaired) electrons. The molecule has 0 aliphatic rings. The van der Waals surface area contributed by atoms with E-state index in [9.17, 15) is 9.18 Å². The number of nitrogens with one attached hydrogen (secondary N) is 2. The molecule has 0 bridgehead atoms. The van der Waals surface area contributed by atoms with Gasteiger partial charge >= 0.3 is 0 Å². The van der Waals surface area contributed by atoms with Crippen molar-refractivity contribution in [2.75, 3.05) is 13.1 Å². The Morgan fingerprint density at radius 3 is 2.81 bits per heavy atom. The lowest BCUT2D eigenvalue weighted by Gasteiger charge is -2.13. The zero-order valence-electron chi connectivity index (χ0n) is 9.46. The van der Waals surface area contributed by atoms with Crippen molar-refractivity contribution in [3.8, 4) is 0 Å². The molecule has 0 aliphatic heterocycles. The summed E-state index contributed by atoms with van der Waals surface area (Å²) in [7, 11) is 0. The molecule has 2 N–H and O–H groups in total. The smallest absolute Gasteiger partial charge is 0.216 e. The van der Waals surface area contributed by atoms with Gasteiger partial charge in [-0.2, -0.15) is 0 Å². The minimum Gasteiger partial charge on any atom is -0.355 e. The summed E-state index contributed by atoms with van der Waals surface area (Å²) < 4.78 is 12.6. The number of halogens is 1. The molecule has 1 heterocycles. The molecule has 88 valence electrons. The van der Waals surface area contributed by atoms with Gasteiger partial charge in [-0.1, -0.05) is 0 Å². The molecule has 0 aromatic carbocycles. The Bertz CT molecular complexity index is 340. The highest BCUT2D eigenvalue weighted by atomic mass is 19.1. The van der Waals surface area contributed by atoms with Crippen LogP contribution in [0.3, 0.4) is 0 Å². The van der Waals surface area contributed by atoms with E-state index in [2.05, 4.69) is 15.6 Å². The first-order valence-corrected chi connectivity index (χ1v) is 5.19. The summed E-state index contributed by atoms with van der Waals surface area (Å²) in [5.41, 5.74) is 0.782. The Labute approximate surface area is 94.3 Å². The van der Waals surface area contributed by atoms with Gasteiger partial charge < -0.3 is 10.6 Å². The van der Waals surface area contributed by atoms with Crippen LogP contribution < -0.4 is 10.6 Å². The number of aromatic nitrogens is 1. The first-order chi connectivity index (χ1) is 7.59. The number of hydrogen-bond acceptors (Lipinski definition) is 3. The minimum absolute atomic E-state index is 0.0364. The van der Waals surface area contributed by atoms with Gasteiger partial charge in [-0.05, 0) is 19.1 Å². The van der Waals surface area contributed by atoms with Crippen molar-refractivity contribution in [2.24, 2.45) is 0 Å². The zero-order valence-corrected chi connectivity index (χ0v) is 9.46. The van der Waals surface area contributed by atoms with Crippen molar-refractivity contribution in [1.29, 1.82) is 0 Å². The van der Waals surface area contributed by atoms with Gasteiger partial charge in [0.05, 0.1) is 11.9 Å². The summed E-state index contributed by atoms with van der Waals surface area (Å²) in [6.07, 6.45) is 1.20. The van der Waals surface area contributed by atoms with Crippen LogP contribution in [0.4, 0.5) is 4.39 Å². The first-order valence-electron chi connectivity index (χ1n) is 5.19. The number of hydrogen-bond donors (Lipinski definition) is 2. The first kappa shape index (κ1) is 12.6. The lowest BCUT2D eigenvalue weighted by Crippen LogP contribution is -2.31. The Hall–Kier alpha value is -1.49. The van der Waals surface area contributed by atoms with Gasteiger partial charge in [0, 0.05) is 26.1 Å². The molecule has 1 unspecified atom stereocenters. The van der Waals surface area contributed by atoms with E-state index in [1.807, 2.05) is 6.92 Å². The molecule has 1 atom stereocenters. The van der Waals surface area contributed by atoms with Gasteiger partial charge in [0.2, 0.25) is 5.91 Å². The molecule has 16 heavy (non-hydrogen) atoms. The third-order valence-corrected chi connectivity index (χ3v) is 2.14. The van der Waals surface area contributed by atoms with Crippen LogP contribution in [0.5, 0.6) is 0 Å². The fraction of sp³-hybridized carbons (Fsp3) is 0.455. The molecular formula is C11H16FN3O. The maximum Gasteiger partial charge on any atom is 0.216 e.